The molecule has 0 atom stereocenters. The van der Waals surface area contributed by atoms with E-state index in [2.05, 4.69) is 26.2 Å². The third-order valence-electron chi connectivity index (χ3n) is 3.43. The Balaban J connectivity index is 2.19. The van der Waals surface area contributed by atoms with Gasteiger partial charge in [0.15, 0.2) is 0 Å². The van der Waals surface area contributed by atoms with Crippen LogP contribution in [-0.2, 0) is 6.54 Å². The average molecular weight is 349 g/mol. The Morgan fingerprint density at radius 2 is 2.00 bits per heavy atom. The summed E-state index contributed by atoms with van der Waals surface area (Å²) in [6.45, 7) is 5.80. The average Bonchev–Trinajstić information content (AvgIpc) is 2.40. The number of hydrogen-bond donors (Lipinski definition) is 2. The Bertz CT molecular complexity index is 750. The molecule has 0 bridgehead atoms. The summed E-state index contributed by atoms with van der Waals surface area (Å²) in [6, 6.07) is 7.37. The second-order valence-corrected chi connectivity index (χ2v) is 5.89. The first-order valence-corrected chi connectivity index (χ1v) is 7.42. The molecule has 1 amide bonds. The summed E-state index contributed by atoms with van der Waals surface area (Å²) in [7, 11) is 0. The number of benzene rings is 1. The zero-order chi connectivity index (χ0) is 15.6. The van der Waals surface area contributed by atoms with E-state index in [1.807, 2.05) is 39.0 Å². The number of aromatic nitrogens is 1. The maximum Gasteiger partial charge on any atom is 0.253 e. The molecule has 0 aliphatic heterocycles. The maximum absolute atomic E-state index is 12.2. The van der Waals surface area contributed by atoms with E-state index in [9.17, 15) is 9.59 Å². The van der Waals surface area contributed by atoms with Crippen molar-refractivity contribution in [2.24, 2.45) is 0 Å². The highest BCUT2D eigenvalue weighted by molar-refractivity contribution is 9.10. The summed E-state index contributed by atoms with van der Waals surface area (Å²) < 4.78 is 0.888. The van der Waals surface area contributed by atoms with Crippen LogP contribution in [0.4, 0.5) is 0 Å². The number of aryl methyl sites for hydroxylation is 2. The van der Waals surface area contributed by atoms with Gasteiger partial charge in [-0.25, -0.2) is 0 Å². The third kappa shape index (κ3) is 3.42. The summed E-state index contributed by atoms with van der Waals surface area (Å²) in [6.07, 6.45) is 0. The van der Waals surface area contributed by atoms with E-state index in [1.54, 1.807) is 6.07 Å². The summed E-state index contributed by atoms with van der Waals surface area (Å²) in [4.78, 5) is 26.9. The first-order valence-electron chi connectivity index (χ1n) is 6.63. The van der Waals surface area contributed by atoms with Crippen molar-refractivity contribution in [1.82, 2.24) is 10.3 Å². The lowest BCUT2D eigenvalue weighted by molar-refractivity contribution is 0.0950. The minimum Gasteiger partial charge on any atom is -0.348 e. The Hall–Kier alpha value is -1.88. The first kappa shape index (κ1) is 15.5. The predicted octanol–water partition coefficient (Wildman–Crippen LogP) is 2.99. The van der Waals surface area contributed by atoms with Gasteiger partial charge in [-0.2, -0.15) is 0 Å². The molecule has 0 saturated carbocycles. The van der Waals surface area contributed by atoms with Crippen LogP contribution < -0.4 is 10.9 Å². The molecular formula is C16H17BrN2O2. The molecule has 1 heterocycles. The zero-order valence-corrected chi connectivity index (χ0v) is 13.8. The van der Waals surface area contributed by atoms with Crippen molar-refractivity contribution < 1.29 is 4.79 Å². The van der Waals surface area contributed by atoms with Gasteiger partial charge < -0.3 is 10.3 Å². The lowest BCUT2D eigenvalue weighted by Crippen LogP contribution is -2.28. The van der Waals surface area contributed by atoms with Crippen LogP contribution in [0.15, 0.2) is 33.5 Å². The minimum absolute atomic E-state index is 0.154. The van der Waals surface area contributed by atoms with E-state index in [4.69, 9.17) is 0 Å². The van der Waals surface area contributed by atoms with E-state index >= 15 is 0 Å². The number of H-pyrrole nitrogens is 1. The van der Waals surface area contributed by atoms with Gasteiger partial charge in [0.05, 0.1) is 0 Å². The molecule has 0 fully saturated rings. The molecule has 0 radical (unpaired) electrons. The molecule has 1 aromatic heterocycles. The molecule has 0 aliphatic rings. The lowest BCUT2D eigenvalue weighted by Gasteiger charge is -2.10. The van der Waals surface area contributed by atoms with Crippen molar-refractivity contribution in [3.8, 4) is 0 Å². The van der Waals surface area contributed by atoms with Crippen molar-refractivity contribution in [3.05, 3.63) is 67.0 Å². The number of hydrogen-bond acceptors (Lipinski definition) is 2. The van der Waals surface area contributed by atoms with Gasteiger partial charge in [0.2, 0.25) is 0 Å². The highest BCUT2D eigenvalue weighted by atomic mass is 79.9. The fourth-order valence-electron chi connectivity index (χ4n) is 2.22. The van der Waals surface area contributed by atoms with E-state index < -0.39 is 0 Å². The number of rotatable bonds is 3. The molecule has 110 valence electrons. The Labute approximate surface area is 131 Å². The van der Waals surface area contributed by atoms with E-state index in [0.29, 0.717) is 11.1 Å². The van der Waals surface area contributed by atoms with Crippen LogP contribution in [0, 0.1) is 20.8 Å². The second kappa shape index (κ2) is 6.26. The normalized spacial score (nSPS) is 10.5. The van der Waals surface area contributed by atoms with Crippen molar-refractivity contribution in [2.75, 3.05) is 0 Å². The highest BCUT2D eigenvalue weighted by Gasteiger charge is 2.12. The fraction of sp³-hybridized carbons (Fsp3) is 0.250. The quantitative estimate of drug-likeness (QED) is 0.895. The molecule has 0 spiro atoms. The predicted molar refractivity (Wildman–Crippen MR) is 86.6 cm³/mol. The molecule has 0 saturated heterocycles. The number of carbonyl (C=O) groups is 1. The largest absolute Gasteiger partial charge is 0.348 e. The number of halogens is 1. The van der Waals surface area contributed by atoms with Gasteiger partial charge in [0.1, 0.15) is 0 Å². The summed E-state index contributed by atoms with van der Waals surface area (Å²) in [5.41, 5.74) is 3.60. The van der Waals surface area contributed by atoms with Crippen LogP contribution in [0.5, 0.6) is 0 Å². The first-order chi connectivity index (χ1) is 9.90. The number of amides is 1. The summed E-state index contributed by atoms with van der Waals surface area (Å²) in [5, 5.41) is 2.80. The van der Waals surface area contributed by atoms with E-state index in [0.717, 1.165) is 21.3 Å². The molecule has 0 aliphatic carbocycles. The number of aromatic amines is 1. The lowest BCUT2D eigenvalue weighted by atomic mass is 10.1. The zero-order valence-electron chi connectivity index (χ0n) is 12.2. The van der Waals surface area contributed by atoms with Crippen LogP contribution in [0.1, 0.15) is 32.7 Å². The molecule has 2 N–H and O–H groups in total. The van der Waals surface area contributed by atoms with Gasteiger partial charge in [-0.15, -0.1) is 0 Å². The molecule has 5 heteroatoms. The smallest absolute Gasteiger partial charge is 0.253 e. The van der Waals surface area contributed by atoms with E-state index in [-0.39, 0.29) is 18.0 Å². The van der Waals surface area contributed by atoms with Gasteiger partial charge >= 0.3 is 0 Å². The Kier molecular flexibility index (Phi) is 4.63. The number of pyridine rings is 1. The minimum atomic E-state index is -0.187. The van der Waals surface area contributed by atoms with Gasteiger partial charge in [0.25, 0.3) is 11.5 Å². The summed E-state index contributed by atoms with van der Waals surface area (Å²) in [5.74, 6) is -0.187. The van der Waals surface area contributed by atoms with Gasteiger partial charge in [-0.05, 0) is 50.1 Å². The standard InChI is InChI=1S/C16H17BrN2O2/c1-9-7-10(2)19-16(21)13(9)8-18-15(20)12-5-4-6-14(17)11(12)3/h4-7H,8H2,1-3H3,(H,18,20)(H,19,21). The van der Waals surface area contributed by atoms with Crippen LogP contribution in [-0.4, -0.2) is 10.9 Å². The molecule has 21 heavy (non-hydrogen) atoms. The summed E-state index contributed by atoms with van der Waals surface area (Å²) >= 11 is 3.41. The molecule has 1 aromatic carbocycles. The fourth-order valence-corrected chi connectivity index (χ4v) is 2.58. The Morgan fingerprint density at radius 3 is 2.67 bits per heavy atom. The Morgan fingerprint density at radius 1 is 1.29 bits per heavy atom. The van der Waals surface area contributed by atoms with E-state index in [1.165, 1.54) is 0 Å². The van der Waals surface area contributed by atoms with Crippen molar-refractivity contribution in [2.45, 2.75) is 27.3 Å². The number of carbonyl (C=O) groups excluding carboxylic acids is 1. The second-order valence-electron chi connectivity index (χ2n) is 5.04. The van der Waals surface area contributed by atoms with Gasteiger partial charge in [-0.3, -0.25) is 9.59 Å². The van der Waals surface area contributed by atoms with Gasteiger partial charge in [-0.1, -0.05) is 22.0 Å². The van der Waals surface area contributed by atoms with Gasteiger partial charge in [0, 0.05) is 27.8 Å². The topological polar surface area (TPSA) is 62.0 Å². The highest BCUT2D eigenvalue weighted by Crippen LogP contribution is 2.19. The molecule has 0 unspecified atom stereocenters. The van der Waals surface area contributed by atoms with Crippen LogP contribution >= 0.6 is 15.9 Å². The SMILES string of the molecule is Cc1cc(C)c(CNC(=O)c2cccc(Br)c2C)c(=O)[nH]1. The maximum atomic E-state index is 12.2. The molecule has 2 aromatic rings. The number of nitrogens with one attached hydrogen (secondary N) is 2. The molecule has 4 nitrogen and oxygen atoms in total. The van der Waals surface area contributed by atoms with Crippen molar-refractivity contribution in [3.63, 3.8) is 0 Å². The molecule has 2 rings (SSSR count). The third-order valence-corrected chi connectivity index (χ3v) is 4.29. The molecular weight excluding hydrogens is 332 g/mol. The van der Waals surface area contributed by atoms with Crippen LogP contribution in [0.25, 0.3) is 0 Å². The van der Waals surface area contributed by atoms with Crippen molar-refractivity contribution in [1.29, 1.82) is 0 Å². The monoisotopic (exact) mass is 348 g/mol. The van der Waals surface area contributed by atoms with Crippen LogP contribution in [0.3, 0.4) is 0 Å². The van der Waals surface area contributed by atoms with Crippen molar-refractivity contribution >= 4 is 21.8 Å². The van der Waals surface area contributed by atoms with Crippen LogP contribution in [0.2, 0.25) is 0 Å².